The van der Waals surface area contributed by atoms with Crippen molar-refractivity contribution in [3.05, 3.63) is 46.7 Å². The molecule has 15 heavy (non-hydrogen) atoms. The zero-order valence-corrected chi connectivity index (χ0v) is 9.85. The number of aromatic nitrogens is 2. The summed E-state index contributed by atoms with van der Waals surface area (Å²) in [5.41, 5.74) is 0. The largest absolute Gasteiger partial charge is 0.248 e. The molecule has 0 unspecified atom stereocenters. The van der Waals surface area contributed by atoms with E-state index < -0.39 is 0 Å². The van der Waals surface area contributed by atoms with Gasteiger partial charge in [-0.15, -0.1) is 0 Å². The topological polar surface area (TPSA) is 25.8 Å². The Morgan fingerprint density at radius 1 is 1.07 bits per heavy atom. The van der Waals surface area contributed by atoms with Crippen LogP contribution >= 0.6 is 35.0 Å². The highest BCUT2D eigenvalue weighted by Crippen LogP contribution is 2.30. The molecule has 0 aromatic carbocycles. The van der Waals surface area contributed by atoms with E-state index in [4.69, 9.17) is 23.2 Å². The maximum Gasteiger partial charge on any atom is 0.130 e. The van der Waals surface area contributed by atoms with E-state index in [1.54, 1.807) is 24.4 Å². The van der Waals surface area contributed by atoms with Crippen molar-refractivity contribution in [3.8, 4) is 0 Å². The first-order valence-corrected chi connectivity index (χ1v) is 5.74. The number of halogens is 2. The maximum absolute atomic E-state index is 5.97. The van der Waals surface area contributed by atoms with Crippen molar-refractivity contribution in [3.63, 3.8) is 0 Å². The van der Waals surface area contributed by atoms with Gasteiger partial charge in [0.2, 0.25) is 0 Å². The summed E-state index contributed by atoms with van der Waals surface area (Å²) < 4.78 is 0. The third-order valence-electron chi connectivity index (χ3n) is 1.62. The first-order chi connectivity index (χ1) is 7.25. The number of rotatable bonds is 2. The van der Waals surface area contributed by atoms with E-state index in [2.05, 4.69) is 9.97 Å². The predicted molar refractivity (Wildman–Crippen MR) is 62.6 cm³/mol. The minimum atomic E-state index is 0.465. The van der Waals surface area contributed by atoms with Crippen molar-refractivity contribution in [2.75, 3.05) is 0 Å². The molecule has 2 rings (SSSR count). The standard InChI is InChI=1S/C10H6Cl2N2S/c11-7-3-2-6-13-10(7)15-9-5-1-4-8(12)14-9/h1-6H. The van der Waals surface area contributed by atoms with E-state index >= 15 is 0 Å². The summed E-state index contributed by atoms with van der Waals surface area (Å²) in [4.78, 5) is 8.29. The van der Waals surface area contributed by atoms with Crippen molar-refractivity contribution in [2.45, 2.75) is 10.1 Å². The Balaban J connectivity index is 2.26. The molecule has 0 aliphatic rings. The van der Waals surface area contributed by atoms with Crippen molar-refractivity contribution < 1.29 is 0 Å². The fourth-order valence-corrected chi connectivity index (χ4v) is 2.21. The molecular formula is C10H6Cl2N2S. The number of hydrogen-bond donors (Lipinski definition) is 0. The van der Waals surface area contributed by atoms with Gasteiger partial charge < -0.3 is 0 Å². The van der Waals surface area contributed by atoms with Gasteiger partial charge in [-0.2, -0.15) is 0 Å². The van der Waals surface area contributed by atoms with Gasteiger partial charge in [-0.1, -0.05) is 29.3 Å². The Morgan fingerprint density at radius 2 is 1.93 bits per heavy atom. The normalized spacial score (nSPS) is 10.3. The smallest absolute Gasteiger partial charge is 0.130 e. The van der Waals surface area contributed by atoms with Crippen LogP contribution in [-0.2, 0) is 0 Å². The third-order valence-corrected chi connectivity index (χ3v) is 3.20. The van der Waals surface area contributed by atoms with Gasteiger partial charge >= 0.3 is 0 Å². The minimum absolute atomic E-state index is 0.465. The second-order valence-corrected chi connectivity index (χ2v) is 4.49. The predicted octanol–water partition coefficient (Wildman–Crippen LogP) is 3.93. The molecule has 0 bridgehead atoms. The lowest BCUT2D eigenvalue weighted by atomic mass is 10.5. The van der Waals surface area contributed by atoms with Gasteiger partial charge in [0.15, 0.2) is 0 Å². The maximum atomic E-state index is 5.97. The molecular weight excluding hydrogens is 251 g/mol. The van der Waals surface area contributed by atoms with Crippen LogP contribution in [0.15, 0.2) is 46.6 Å². The molecule has 2 heterocycles. The van der Waals surface area contributed by atoms with Crippen LogP contribution in [0.5, 0.6) is 0 Å². The molecule has 0 aliphatic heterocycles. The molecule has 2 nitrogen and oxygen atoms in total. The van der Waals surface area contributed by atoms with E-state index in [-0.39, 0.29) is 0 Å². The Kier molecular flexibility index (Phi) is 3.46. The molecule has 0 fully saturated rings. The highest BCUT2D eigenvalue weighted by atomic mass is 35.5. The summed E-state index contributed by atoms with van der Waals surface area (Å²) in [5.74, 6) is 0. The SMILES string of the molecule is Clc1cccc(Sc2ncccc2Cl)n1. The Labute approximate surface area is 102 Å². The molecule has 0 saturated heterocycles. The first-order valence-electron chi connectivity index (χ1n) is 4.16. The molecule has 2 aromatic rings. The van der Waals surface area contributed by atoms with Gasteiger partial charge in [-0.05, 0) is 36.0 Å². The summed E-state index contributed by atoms with van der Waals surface area (Å²) in [6.07, 6.45) is 1.69. The van der Waals surface area contributed by atoms with Gasteiger partial charge in [0.1, 0.15) is 15.2 Å². The second-order valence-electron chi connectivity index (χ2n) is 2.69. The first kappa shape index (κ1) is 10.7. The van der Waals surface area contributed by atoms with Gasteiger partial charge in [0.05, 0.1) is 5.02 Å². The fourth-order valence-electron chi connectivity index (χ4n) is 0.992. The lowest BCUT2D eigenvalue weighted by Crippen LogP contribution is -1.83. The molecule has 5 heteroatoms. The van der Waals surface area contributed by atoms with Crippen LogP contribution in [0.4, 0.5) is 0 Å². The van der Waals surface area contributed by atoms with Crippen molar-refractivity contribution in [2.24, 2.45) is 0 Å². The van der Waals surface area contributed by atoms with Crippen LogP contribution in [0.1, 0.15) is 0 Å². The summed E-state index contributed by atoms with van der Waals surface area (Å²) in [6.45, 7) is 0. The summed E-state index contributed by atoms with van der Waals surface area (Å²) in [7, 11) is 0. The average molecular weight is 257 g/mol. The molecule has 0 aliphatic carbocycles. The molecule has 0 amide bonds. The number of nitrogens with zero attached hydrogens (tertiary/aromatic N) is 2. The molecule has 2 aromatic heterocycles. The van der Waals surface area contributed by atoms with Gasteiger partial charge in [0, 0.05) is 6.20 Å². The molecule has 76 valence electrons. The molecule has 0 radical (unpaired) electrons. The summed E-state index contributed by atoms with van der Waals surface area (Å²) in [6, 6.07) is 9.01. The summed E-state index contributed by atoms with van der Waals surface area (Å²) >= 11 is 13.1. The average Bonchev–Trinajstić information content (AvgIpc) is 2.22. The Hall–Kier alpha value is -0.770. The van der Waals surface area contributed by atoms with E-state index in [1.165, 1.54) is 11.8 Å². The summed E-state index contributed by atoms with van der Waals surface area (Å²) in [5, 5.41) is 2.59. The lowest BCUT2D eigenvalue weighted by Gasteiger charge is -2.01. The van der Waals surface area contributed by atoms with Crippen molar-refractivity contribution in [1.82, 2.24) is 9.97 Å². The van der Waals surface area contributed by atoms with Crippen molar-refractivity contribution >= 4 is 35.0 Å². The number of pyridine rings is 2. The zero-order chi connectivity index (χ0) is 10.7. The van der Waals surface area contributed by atoms with Crippen LogP contribution in [0.3, 0.4) is 0 Å². The molecule has 0 spiro atoms. The van der Waals surface area contributed by atoms with Crippen LogP contribution in [0.25, 0.3) is 0 Å². The van der Waals surface area contributed by atoms with Gasteiger partial charge in [-0.3, -0.25) is 0 Å². The van der Waals surface area contributed by atoms with E-state index in [9.17, 15) is 0 Å². The Morgan fingerprint density at radius 3 is 2.67 bits per heavy atom. The van der Waals surface area contributed by atoms with E-state index in [0.717, 1.165) is 10.1 Å². The molecule has 0 N–H and O–H groups in total. The van der Waals surface area contributed by atoms with Crippen molar-refractivity contribution in [1.29, 1.82) is 0 Å². The Bertz CT molecular complexity index is 476. The van der Waals surface area contributed by atoms with Crippen LogP contribution in [0.2, 0.25) is 10.2 Å². The van der Waals surface area contributed by atoms with E-state index in [1.807, 2.05) is 12.1 Å². The monoisotopic (exact) mass is 256 g/mol. The van der Waals surface area contributed by atoms with Crippen LogP contribution in [0, 0.1) is 0 Å². The zero-order valence-electron chi connectivity index (χ0n) is 7.52. The van der Waals surface area contributed by atoms with Crippen LogP contribution in [-0.4, -0.2) is 9.97 Å². The second kappa shape index (κ2) is 4.84. The lowest BCUT2D eigenvalue weighted by molar-refractivity contribution is 1.09. The van der Waals surface area contributed by atoms with Crippen LogP contribution < -0.4 is 0 Å². The number of hydrogen-bond acceptors (Lipinski definition) is 3. The van der Waals surface area contributed by atoms with Gasteiger partial charge in [0.25, 0.3) is 0 Å². The quantitative estimate of drug-likeness (QED) is 0.762. The third kappa shape index (κ3) is 2.84. The van der Waals surface area contributed by atoms with Gasteiger partial charge in [-0.25, -0.2) is 9.97 Å². The van der Waals surface area contributed by atoms with E-state index in [0.29, 0.717) is 10.2 Å². The molecule has 0 saturated carbocycles. The molecule has 0 atom stereocenters. The highest BCUT2D eigenvalue weighted by molar-refractivity contribution is 7.99. The fraction of sp³-hybridized carbons (Fsp3) is 0. The highest BCUT2D eigenvalue weighted by Gasteiger charge is 2.04. The minimum Gasteiger partial charge on any atom is -0.248 e.